The van der Waals surface area contributed by atoms with Crippen molar-refractivity contribution in [1.29, 1.82) is 0 Å². The summed E-state index contributed by atoms with van der Waals surface area (Å²) >= 11 is 6.41. The summed E-state index contributed by atoms with van der Waals surface area (Å²) in [5.74, 6) is -3.53. The van der Waals surface area contributed by atoms with Crippen molar-refractivity contribution in [1.82, 2.24) is 9.97 Å². The highest BCUT2D eigenvalue weighted by Gasteiger charge is 2.10. The Hall–Kier alpha value is -2.70. The highest BCUT2D eigenvalue weighted by Crippen LogP contribution is 2.17. The van der Waals surface area contributed by atoms with E-state index in [4.69, 9.17) is 21.1 Å². The van der Waals surface area contributed by atoms with Crippen molar-refractivity contribution in [3.8, 4) is 0 Å². The first-order valence-electron chi connectivity index (χ1n) is 7.62. The van der Waals surface area contributed by atoms with Gasteiger partial charge >= 0.3 is 17.9 Å². The SMILES string of the molecule is C.C.NC(CC(=O)O)c1cncc(Br)c1.O=C(O)CC(=O)O.O=Cc1cncc(Br)c1. The molecule has 0 aliphatic rings. The molecular weight excluding hydrogens is 542 g/mol. The van der Waals surface area contributed by atoms with E-state index < -0.39 is 30.4 Å². The van der Waals surface area contributed by atoms with Crippen LogP contribution in [-0.2, 0) is 14.4 Å². The molecule has 31 heavy (non-hydrogen) atoms. The fourth-order valence-corrected chi connectivity index (χ4v) is 2.32. The Morgan fingerprint density at radius 3 is 1.71 bits per heavy atom. The van der Waals surface area contributed by atoms with Crippen molar-refractivity contribution in [2.24, 2.45) is 5.73 Å². The highest BCUT2D eigenvalue weighted by atomic mass is 79.9. The average Bonchev–Trinajstić information content (AvgIpc) is 2.61. The topological polar surface area (TPSA) is 181 Å². The molecule has 0 spiro atoms. The van der Waals surface area contributed by atoms with Crippen LogP contribution in [0.2, 0.25) is 0 Å². The fraction of sp³-hybridized carbons (Fsp3) is 0.263. The number of nitrogens with zero attached hydrogens (tertiary/aromatic N) is 2. The molecule has 0 amide bonds. The lowest BCUT2D eigenvalue weighted by Crippen LogP contribution is -2.15. The van der Waals surface area contributed by atoms with Gasteiger partial charge in [0.2, 0.25) is 0 Å². The van der Waals surface area contributed by atoms with Crippen LogP contribution in [0.1, 0.15) is 49.7 Å². The molecule has 5 N–H and O–H groups in total. The lowest BCUT2D eigenvalue weighted by Gasteiger charge is -2.08. The van der Waals surface area contributed by atoms with Gasteiger partial charge < -0.3 is 21.1 Å². The molecule has 12 heteroatoms. The number of aldehydes is 1. The number of carbonyl (C=O) groups is 4. The van der Waals surface area contributed by atoms with Gasteiger partial charge in [0.05, 0.1) is 6.42 Å². The number of nitrogens with two attached hydrogens (primary N) is 1. The molecule has 0 aromatic carbocycles. The van der Waals surface area contributed by atoms with E-state index in [0.29, 0.717) is 5.56 Å². The maximum atomic E-state index is 10.4. The normalized spacial score (nSPS) is 9.65. The van der Waals surface area contributed by atoms with Gasteiger partial charge in [0.15, 0.2) is 6.29 Å². The Morgan fingerprint density at radius 2 is 1.39 bits per heavy atom. The minimum absolute atomic E-state index is 0. The molecule has 2 aromatic heterocycles. The average molecular weight is 567 g/mol. The van der Waals surface area contributed by atoms with Crippen molar-refractivity contribution in [3.05, 3.63) is 57.0 Å². The summed E-state index contributed by atoms with van der Waals surface area (Å²) in [6, 6.07) is 2.98. The summed E-state index contributed by atoms with van der Waals surface area (Å²) in [4.78, 5) is 47.0. The standard InChI is InChI=1S/C8H9BrN2O2.C6H4BrNO.C3H4O4.2CH4/c9-6-1-5(3-11-4-6)7(10)2-8(12)13;7-6-1-5(4-9)2-8-3-6;4-2(5)1-3(6)7;;/h1,3-4,7H,2,10H2,(H,12,13);1-4H;1H2,(H,4,5)(H,6,7);2*1H4. The second kappa shape index (κ2) is 18.1. The number of rotatable bonds is 6. The van der Waals surface area contributed by atoms with E-state index in [-0.39, 0.29) is 21.3 Å². The van der Waals surface area contributed by atoms with Crippen LogP contribution in [0.3, 0.4) is 0 Å². The van der Waals surface area contributed by atoms with Crippen molar-refractivity contribution >= 4 is 56.1 Å². The fourth-order valence-electron chi connectivity index (χ4n) is 1.56. The van der Waals surface area contributed by atoms with E-state index in [1.54, 1.807) is 30.7 Å². The Balaban J connectivity index is -0.000000387. The number of aromatic nitrogens is 2. The van der Waals surface area contributed by atoms with E-state index in [2.05, 4.69) is 41.8 Å². The quantitative estimate of drug-likeness (QED) is 0.296. The molecule has 0 radical (unpaired) electrons. The number of aliphatic carboxylic acids is 3. The van der Waals surface area contributed by atoms with Crippen LogP contribution >= 0.6 is 31.9 Å². The summed E-state index contributed by atoms with van der Waals surface area (Å²) in [6.45, 7) is 0. The van der Waals surface area contributed by atoms with Gasteiger partial charge in [-0.1, -0.05) is 14.9 Å². The molecule has 0 bridgehead atoms. The van der Waals surface area contributed by atoms with E-state index in [9.17, 15) is 19.2 Å². The molecule has 1 unspecified atom stereocenters. The second-order valence-corrected chi connectivity index (χ2v) is 6.99. The monoisotopic (exact) mass is 565 g/mol. The maximum Gasteiger partial charge on any atom is 0.314 e. The molecule has 2 rings (SSSR count). The molecule has 0 aliphatic carbocycles. The molecule has 0 aliphatic heterocycles. The second-order valence-electron chi connectivity index (χ2n) is 5.16. The molecule has 0 saturated carbocycles. The zero-order chi connectivity index (χ0) is 22.4. The Bertz CT molecular complexity index is 839. The van der Waals surface area contributed by atoms with Gasteiger partial charge in [0.25, 0.3) is 0 Å². The van der Waals surface area contributed by atoms with Gasteiger partial charge in [0.1, 0.15) is 6.42 Å². The number of hydrogen-bond donors (Lipinski definition) is 4. The first kappa shape index (κ1) is 33.0. The van der Waals surface area contributed by atoms with Gasteiger partial charge in [-0.2, -0.15) is 0 Å². The molecule has 2 aromatic rings. The minimum Gasteiger partial charge on any atom is -0.481 e. The molecule has 172 valence electrons. The Labute approximate surface area is 196 Å². The number of carboxylic acid groups (broad SMARTS) is 3. The third kappa shape index (κ3) is 17.8. The van der Waals surface area contributed by atoms with E-state index >= 15 is 0 Å². The lowest BCUT2D eigenvalue weighted by atomic mass is 10.1. The number of hydrogen-bond acceptors (Lipinski definition) is 7. The van der Waals surface area contributed by atoms with Gasteiger partial charge in [-0.15, -0.1) is 0 Å². The predicted molar refractivity (Wildman–Crippen MR) is 122 cm³/mol. The Morgan fingerprint density at radius 1 is 0.903 bits per heavy atom. The van der Waals surface area contributed by atoms with E-state index in [1.807, 2.05) is 0 Å². The van der Waals surface area contributed by atoms with E-state index in [1.165, 1.54) is 6.20 Å². The van der Waals surface area contributed by atoms with Gasteiger partial charge in [-0.25, -0.2) is 0 Å². The van der Waals surface area contributed by atoms with Crippen LogP contribution in [0.15, 0.2) is 45.9 Å². The van der Waals surface area contributed by atoms with Crippen LogP contribution in [0.4, 0.5) is 0 Å². The van der Waals surface area contributed by atoms with Gasteiger partial charge in [-0.3, -0.25) is 29.1 Å². The number of pyridine rings is 2. The van der Waals surface area contributed by atoms with Crippen molar-refractivity contribution in [2.75, 3.05) is 0 Å². The van der Waals surface area contributed by atoms with Crippen molar-refractivity contribution in [2.45, 2.75) is 33.7 Å². The first-order chi connectivity index (χ1) is 13.5. The summed E-state index contributed by atoms with van der Waals surface area (Å²) in [5.41, 5.74) is 6.93. The minimum atomic E-state index is -1.31. The summed E-state index contributed by atoms with van der Waals surface area (Å²) in [7, 11) is 0. The number of carbonyl (C=O) groups excluding carboxylic acids is 1. The Kier molecular flexibility index (Phi) is 19.2. The third-order valence-electron chi connectivity index (χ3n) is 2.71. The third-order valence-corrected chi connectivity index (χ3v) is 3.58. The first-order valence-corrected chi connectivity index (χ1v) is 9.20. The van der Waals surface area contributed by atoms with Crippen LogP contribution in [0.5, 0.6) is 0 Å². The summed E-state index contributed by atoms with van der Waals surface area (Å²) in [6.07, 6.45) is 6.20. The lowest BCUT2D eigenvalue weighted by molar-refractivity contribution is -0.147. The summed E-state index contributed by atoms with van der Waals surface area (Å²) < 4.78 is 1.62. The zero-order valence-corrected chi connectivity index (χ0v) is 17.9. The molecule has 10 nitrogen and oxygen atoms in total. The van der Waals surface area contributed by atoms with Crippen molar-refractivity contribution in [3.63, 3.8) is 0 Å². The van der Waals surface area contributed by atoms with Crippen molar-refractivity contribution < 1.29 is 34.5 Å². The van der Waals surface area contributed by atoms with Gasteiger partial charge in [0, 0.05) is 45.3 Å². The zero-order valence-electron chi connectivity index (χ0n) is 14.7. The molecule has 0 saturated heterocycles. The van der Waals surface area contributed by atoms with Crippen LogP contribution < -0.4 is 5.73 Å². The molecular formula is C19H25Br2N3O7. The smallest absolute Gasteiger partial charge is 0.314 e. The molecule has 1 atom stereocenters. The molecule has 2 heterocycles. The summed E-state index contributed by atoms with van der Waals surface area (Å²) in [5, 5.41) is 23.9. The largest absolute Gasteiger partial charge is 0.481 e. The van der Waals surface area contributed by atoms with Gasteiger partial charge in [-0.05, 0) is 49.6 Å². The highest BCUT2D eigenvalue weighted by molar-refractivity contribution is 9.10. The van der Waals surface area contributed by atoms with Crippen LogP contribution in [-0.4, -0.2) is 49.5 Å². The molecule has 0 fully saturated rings. The van der Waals surface area contributed by atoms with E-state index in [0.717, 1.165) is 20.8 Å². The predicted octanol–water partition coefficient (Wildman–Crippen LogP) is 3.79. The number of carboxylic acids is 3. The maximum absolute atomic E-state index is 10.4. The number of halogens is 2. The van der Waals surface area contributed by atoms with Crippen LogP contribution in [0, 0.1) is 0 Å². The van der Waals surface area contributed by atoms with Crippen LogP contribution in [0.25, 0.3) is 0 Å².